The summed E-state index contributed by atoms with van der Waals surface area (Å²) in [5.41, 5.74) is 3.85. The van der Waals surface area contributed by atoms with Gasteiger partial charge < -0.3 is 29.7 Å². The minimum atomic E-state index is -0.917. The Labute approximate surface area is 282 Å². The maximum atomic E-state index is 14.1. The standard InChI is InChI=1S/C36H48N8O4/c1-2-40-19-21-41(22-20-40)29-10-14-42(15-11-29)34(45)33(24-26-7-8-32-28(23-26)25-37-39-32)48-36(47)43-16-12-30(13-17-43)44-18-9-27-5-3-4-6-31(27)38-35(44)46/h3-8,23,25,29-30,33H,2,9-22,24H2,1H3,(H,37,39)(H,38,46)/t33-/m1/s1. The Morgan fingerprint density at radius 2 is 1.62 bits per heavy atom. The van der Waals surface area contributed by atoms with E-state index in [1.165, 1.54) is 0 Å². The zero-order chi connectivity index (χ0) is 33.0. The second kappa shape index (κ2) is 14.5. The van der Waals surface area contributed by atoms with E-state index >= 15 is 0 Å². The van der Waals surface area contributed by atoms with Crippen molar-refractivity contribution in [1.29, 1.82) is 0 Å². The van der Waals surface area contributed by atoms with Gasteiger partial charge in [-0.3, -0.25) is 14.8 Å². The number of fused-ring (bicyclic) bond motifs is 2. The number of ether oxygens (including phenoxy) is 1. The second-order valence-corrected chi connectivity index (χ2v) is 13.6. The number of amides is 4. The molecule has 5 heterocycles. The Morgan fingerprint density at radius 1 is 0.896 bits per heavy atom. The number of aromatic nitrogens is 2. The molecular weight excluding hydrogens is 608 g/mol. The summed E-state index contributed by atoms with van der Waals surface area (Å²) in [4.78, 5) is 51.4. The van der Waals surface area contributed by atoms with E-state index in [1.807, 2.05) is 46.2 Å². The molecule has 4 aliphatic heterocycles. The first-order chi connectivity index (χ1) is 23.4. The summed E-state index contributed by atoms with van der Waals surface area (Å²) in [6.07, 6.45) is 4.66. The van der Waals surface area contributed by atoms with Crippen molar-refractivity contribution in [1.82, 2.24) is 34.7 Å². The molecule has 12 nitrogen and oxygen atoms in total. The summed E-state index contributed by atoms with van der Waals surface area (Å²) in [6, 6.07) is 14.3. The minimum absolute atomic E-state index is 0.0359. The van der Waals surface area contributed by atoms with Gasteiger partial charge in [-0.15, -0.1) is 0 Å². The molecule has 2 N–H and O–H groups in total. The van der Waals surface area contributed by atoms with Crippen LogP contribution in [0, 0.1) is 0 Å². The molecule has 0 bridgehead atoms. The summed E-state index contributed by atoms with van der Waals surface area (Å²) >= 11 is 0. The molecule has 0 spiro atoms. The number of anilines is 1. The first kappa shape index (κ1) is 32.4. The number of rotatable bonds is 7. The maximum Gasteiger partial charge on any atom is 0.410 e. The summed E-state index contributed by atoms with van der Waals surface area (Å²) in [7, 11) is 0. The molecule has 48 heavy (non-hydrogen) atoms. The number of benzene rings is 2. The number of likely N-dealkylation sites (N-methyl/N-ethyl adjacent to an activating group) is 1. The molecule has 1 atom stereocenters. The van der Waals surface area contributed by atoms with E-state index in [-0.39, 0.29) is 18.0 Å². The molecule has 0 unspecified atom stereocenters. The van der Waals surface area contributed by atoms with Crippen molar-refractivity contribution < 1.29 is 19.1 Å². The Balaban J connectivity index is 0.975. The Bertz CT molecular complexity index is 1590. The molecule has 3 saturated heterocycles. The van der Waals surface area contributed by atoms with Crippen LogP contribution in [0.3, 0.4) is 0 Å². The van der Waals surface area contributed by atoms with Gasteiger partial charge in [0.15, 0.2) is 6.10 Å². The van der Waals surface area contributed by atoms with Gasteiger partial charge in [0.2, 0.25) is 0 Å². The fraction of sp³-hybridized carbons (Fsp3) is 0.556. The van der Waals surface area contributed by atoms with Gasteiger partial charge in [-0.1, -0.05) is 31.2 Å². The predicted octanol–water partition coefficient (Wildman–Crippen LogP) is 3.79. The van der Waals surface area contributed by atoms with E-state index in [9.17, 15) is 14.4 Å². The number of carbonyl (C=O) groups excluding carboxylic acids is 3. The number of nitrogens with one attached hydrogen (secondary N) is 2. The Morgan fingerprint density at radius 3 is 2.40 bits per heavy atom. The van der Waals surface area contributed by atoms with E-state index in [2.05, 4.69) is 38.3 Å². The summed E-state index contributed by atoms with van der Waals surface area (Å²) in [5, 5.41) is 11.1. The number of nitrogens with zero attached hydrogens (tertiary/aromatic N) is 6. The van der Waals surface area contributed by atoms with Gasteiger partial charge >= 0.3 is 12.1 Å². The van der Waals surface area contributed by atoms with E-state index in [4.69, 9.17) is 4.74 Å². The van der Waals surface area contributed by atoms with Gasteiger partial charge in [0, 0.05) is 88.5 Å². The second-order valence-electron chi connectivity index (χ2n) is 13.6. The number of urea groups is 1. The van der Waals surface area contributed by atoms with Gasteiger partial charge in [0.05, 0.1) is 11.7 Å². The highest BCUT2D eigenvalue weighted by molar-refractivity contribution is 5.91. The van der Waals surface area contributed by atoms with Crippen LogP contribution in [0.4, 0.5) is 15.3 Å². The van der Waals surface area contributed by atoms with Crippen LogP contribution in [0.1, 0.15) is 43.7 Å². The molecule has 4 aliphatic rings. The fourth-order valence-corrected chi connectivity index (χ4v) is 7.91. The highest BCUT2D eigenvalue weighted by Crippen LogP contribution is 2.26. The average molecular weight is 657 g/mol. The average Bonchev–Trinajstić information content (AvgIpc) is 3.53. The highest BCUT2D eigenvalue weighted by Gasteiger charge is 2.36. The van der Waals surface area contributed by atoms with E-state index in [0.717, 1.165) is 79.7 Å². The number of H-pyrrole nitrogens is 1. The van der Waals surface area contributed by atoms with Crippen LogP contribution in [0.15, 0.2) is 48.7 Å². The van der Waals surface area contributed by atoms with Crippen molar-refractivity contribution >= 4 is 34.6 Å². The first-order valence-corrected chi connectivity index (χ1v) is 17.7. The predicted molar refractivity (Wildman–Crippen MR) is 184 cm³/mol. The third-order valence-corrected chi connectivity index (χ3v) is 10.9. The van der Waals surface area contributed by atoms with Gasteiger partial charge in [0.25, 0.3) is 5.91 Å². The van der Waals surface area contributed by atoms with Crippen molar-refractivity contribution in [3.63, 3.8) is 0 Å². The lowest BCUT2D eigenvalue weighted by atomic mass is 10.00. The molecular formula is C36H48N8O4. The van der Waals surface area contributed by atoms with Crippen LogP contribution in [-0.2, 0) is 22.4 Å². The molecule has 7 rings (SSSR count). The first-order valence-electron chi connectivity index (χ1n) is 17.7. The topological polar surface area (TPSA) is 117 Å². The number of likely N-dealkylation sites (tertiary alicyclic amines) is 2. The lowest BCUT2D eigenvalue weighted by molar-refractivity contribution is -0.142. The number of hydrogen-bond donors (Lipinski definition) is 2. The zero-order valence-electron chi connectivity index (χ0n) is 28.0. The third-order valence-electron chi connectivity index (χ3n) is 10.9. The largest absolute Gasteiger partial charge is 0.436 e. The molecule has 0 radical (unpaired) electrons. The Hall–Kier alpha value is -4.16. The molecule has 0 aliphatic carbocycles. The van der Waals surface area contributed by atoms with Crippen molar-refractivity contribution in [2.45, 2.75) is 63.6 Å². The zero-order valence-corrected chi connectivity index (χ0v) is 28.0. The molecule has 0 saturated carbocycles. The van der Waals surface area contributed by atoms with Gasteiger partial charge in [0.1, 0.15) is 0 Å². The summed E-state index contributed by atoms with van der Waals surface area (Å²) < 4.78 is 6.10. The van der Waals surface area contributed by atoms with Crippen molar-refractivity contribution in [3.8, 4) is 0 Å². The number of hydrogen-bond acceptors (Lipinski definition) is 7. The van der Waals surface area contributed by atoms with E-state index in [1.54, 1.807) is 11.1 Å². The lowest BCUT2D eigenvalue weighted by Crippen LogP contribution is -2.55. The number of piperidine rings is 2. The van der Waals surface area contributed by atoms with Crippen LogP contribution >= 0.6 is 0 Å². The van der Waals surface area contributed by atoms with E-state index in [0.29, 0.717) is 58.0 Å². The van der Waals surface area contributed by atoms with Crippen molar-refractivity contribution in [2.75, 3.05) is 70.8 Å². The number of piperazine rings is 1. The maximum absolute atomic E-state index is 14.1. The molecule has 3 fully saturated rings. The van der Waals surface area contributed by atoms with Crippen LogP contribution in [-0.4, -0.2) is 136 Å². The minimum Gasteiger partial charge on any atom is -0.436 e. The SMILES string of the molecule is CCN1CCN(C2CCN(C(=O)[C@@H](Cc3ccc4[nH]ncc4c3)OC(=O)N3CCC(N4CCc5ccccc5NC4=O)CC3)CC2)CC1. The van der Waals surface area contributed by atoms with Crippen LogP contribution in [0.2, 0.25) is 0 Å². The fourth-order valence-electron chi connectivity index (χ4n) is 7.91. The normalized spacial score (nSPS) is 21.1. The van der Waals surface area contributed by atoms with Gasteiger partial charge in [-0.25, -0.2) is 9.59 Å². The third kappa shape index (κ3) is 7.14. The highest BCUT2D eigenvalue weighted by atomic mass is 16.6. The van der Waals surface area contributed by atoms with Crippen LogP contribution in [0.5, 0.6) is 0 Å². The van der Waals surface area contributed by atoms with E-state index < -0.39 is 12.2 Å². The molecule has 1 aromatic heterocycles. The lowest BCUT2D eigenvalue weighted by Gasteiger charge is -2.43. The summed E-state index contributed by atoms with van der Waals surface area (Å²) in [5.74, 6) is -0.124. The molecule has 4 amide bonds. The number of aromatic amines is 1. The number of carbonyl (C=O) groups is 3. The smallest absolute Gasteiger partial charge is 0.410 e. The van der Waals surface area contributed by atoms with Crippen molar-refractivity contribution in [3.05, 3.63) is 59.8 Å². The Kier molecular flexibility index (Phi) is 9.81. The van der Waals surface area contributed by atoms with Crippen LogP contribution < -0.4 is 5.32 Å². The van der Waals surface area contributed by atoms with Gasteiger partial charge in [-0.05, 0) is 68.0 Å². The summed E-state index contributed by atoms with van der Waals surface area (Å²) in [6.45, 7) is 10.6. The molecule has 256 valence electrons. The molecule has 3 aromatic rings. The van der Waals surface area contributed by atoms with Gasteiger partial charge in [-0.2, -0.15) is 5.10 Å². The number of para-hydroxylation sites is 1. The monoisotopic (exact) mass is 656 g/mol. The molecule has 2 aromatic carbocycles. The quantitative estimate of drug-likeness (QED) is 0.398. The molecule has 12 heteroatoms. The van der Waals surface area contributed by atoms with Crippen molar-refractivity contribution in [2.24, 2.45) is 0 Å². The van der Waals surface area contributed by atoms with Crippen LogP contribution in [0.25, 0.3) is 10.9 Å².